The summed E-state index contributed by atoms with van der Waals surface area (Å²) in [5.41, 5.74) is 1.44. The number of benzene rings is 1. The Morgan fingerprint density at radius 2 is 2.11 bits per heavy atom. The maximum atomic E-state index is 8.91. The highest BCUT2D eigenvalue weighted by Crippen LogP contribution is 2.24. The summed E-state index contributed by atoms with van der Waals surface area (Å²) < 4.78 is 5.25. The van der Waals surface area contributed by atoms with Crippen LogP contribution in [0.3, 0.4) is 0 Å². The first-order chi connectivity index (χ1) is 8.98. The third-order valence-corrected chi connectivity index (χ3v) is 3.49. The summed E-state index contributed by atoms with van der Waals surface area (Å²) in [5, 5.41) is 12.5. The fraction of sp³-hybridized carbons (Fsp3) is 0.625. The third kappa shape index (κ3) is 5.62. The highest BCUT2D eigenvalue weighted by atomic mass is 16.5. The van der Waals surface area contributed by atoms with Crippen molar-refractivity contribution in [3.05, 3.63) is 29.8 Å². The van der Waals surface area contributed by atoms with Gasteiger partial charge in [0.25, 0.3) is 0 Å². The van der Waals surface area contributed by atoms with Crippen molar-refractivity contribution in [3.63, 3.8) is 0 Å². The molecule has 1 rings (SSSR count). The minimum absolute atomic E-state index is 0.204. The molecule has 3 heteroatoms. The molecule has 0 spiro atoms. The lowest BCUT2D eigenvalue weighted by molar-refractivity contribution is 0.233. The van der Waals surface area contributed by atoms with E-state index in [1.54, 1.807) is 7.11 Å². The molecule has 1 aromatic carbocycles. The summed E-state index contributed by atoms with van der Waals surface area (Å²) >= 11 is 0. The standard InChI is InChI=1S/C16H27NO2/c1-13(14-7-5-8-15(11-14)19-4)17-12-16(2,3)9-6-10-18/h5,7-8,11,13,17-18H,6,9-10,12H2,1-4H3. The van der Waals surface area contributed by atoms with Crippen LogP contribution in [0, 0.1) is 5.41 Å². The molecule has 1 aromatic rings. The quantitative estimate of drug-likeness (QED) is 0.758. The normalized spacial score (nSPS) is 13.3. The first-order valence-corrected chi connectivity index (χ1v) is 6.97. The molecule has 2 N–H and O–H groups in total. The molecule has 0 aliphatic heterocycles. The van der Waals surface area contributed by atoms with Gasteiger partial charge in [-0.1, -0.05) is 26.0 Å². The predicted octanol–water partition coefficient (Wildman–Crippen LogP) is 3.14. The van der Waals surface area contributed by atoms with Crippen molar-refractivity contribution in [2.45, 2.75) is 39.7 Å². The van der Waals surface area contributed by atoms with E-state index in [0.29, 0.717) is 6.04 Å². The first kappa shape index (κ1) is 16.0. The Labute approximate surface area is 117 Å². The van der Waals surface area contributed by atoms with Crippen molar-refractivity contribution in [1.29, 1.82) is 0 Å². The predicted molar refractivity (Wildman–Crippen MR) is 79.5 cm³/mol. The lowest BCUT2D eigenvalue weighted by Gasteiger charge is -2.27. The average Bonchev–Trinajstić information content (AvgIpc) is 2.43. The smallest absolute Gasteiger partial charge is 0.119 e. The number of rotatable bonds is 8. The van der Waals surface area contributed by atoms with Gasteiger partial charge >= 0.3 is 0 Å². The van der Waals surface area contributed by atoms with E-state index in [1.165, 1.54) is 5.56 Å². The Bertz CT molecular complexity index is 377. The van der Waals surface area contributed by atoms with Crippen LogP contribution >= 0.6 is 0 Å². The van der Waals surface area contributed by atoms with Crippen LogP contribution in [0.5, 0.6) is 5.75 Å². The zero-order valence-corrected chi connectivity index (χ0v) is 12.6. The van der Waals surface area contributed by atoms with Crippen LogP contribution in [0.15, 0.2) is 24.3 Å². The van der Waals surface area contributed by atoms with Gasteiger partial charge < -0.3 is 15.2 Å². The molecule has 0 fully saturated rings. The molecule has 0 radical (unpaired) electrons. The van der Waals surface area contributed by atoms with Crippen LogP contribution in [0.4, 0.5) is 0 Å². The zero-order valence-electron chi connectivity index (χ0n) is 12.6. The SMILES string of the molecule is COc1cccc(C(C)NCC(C)(C)CCCO)c1. The Kier molecular flexibility index (Phi) is 6.32. The van der Waals surface area contributed by atoms with Gasteiger partial charge in [0.2, 0.25) is 0 Å². The van der Waals surface area contributed by atoms with Crippen molar-refractivity contribution in [3.8, 4) is 5.75 Å². The average molecular weight is 265 g/mol. The summed E-state index contributed by atoms with van der Waals surface area (Å²) in [6.07, 6.45) is 1.89. The molecule has 0 saturated carbocycles. The van der Waals surface area contributed by atoms with E-state index in [1.807, 2.05) is 12.1 Å². The van der Waals surface area contributed by atoms with E-state index in [-0.39, 0.29) is 12.0 Å². The molecule has 108 valence electrons. The van der Waals surface area contributed by atoms with Gasteiger partial charge in [-0.3, -0.25) is 0 Å². The lowest BCUT2D eigenvalue weighted by Crippen LogP contribution is -2.31. The fourth-order valence-corrected chi connectivity index (χ4v) is 2.10. The number of aliphatic hydroxyl groups is 1. The van der Waals surface area contributed by atoms with Crippen LogP contribution in [0.25, 0.3) is 0 Å². The molecule has 0 aliphatic rings. The molecule has 0 saturated heterocycles. The summed E-state index contributed by atoms with van der Waals surface area (Å²) in [6, 6.07) is 8.45. The van der Waals surface area contributed by atoms with E-state index in [4.69, 9.17) is 9.84 Å². The van der Waals surface area contributed by atoms with Crippen LogP contribution in [0.1, 0.15) is 45.2 Å². The maximum absolute atomic E-state index is 8.91. The van der Waals surface area contributed by atoms with Crippen molar-refractivity contribution >= 4 is 0 Å². The second-order valence-corrected chi connectivity index (χ2v) is 5.87. The largest absolute Gasteiger partial charge is 0.497 e. The van der Waals surface area contributed by atoms with Crippen molar-refractivity contribution in [1.82, 2.24) is 5.32 Å². The number of ether oxygens (including phenoxy) is 1. The Hall–Kier alpha value is -1.06. The molecular weight excluding hydrogens is 238 g/mol. The second kappa shape index (κ2) is 7.51. The lowest BCUT2D eigenvalue weighted by atomic mass is 9.87. The van der Waals surface area contributed by atoms with Gasteiger partial charge in [0.1, 0.15) is 5.75 Å². The zero-order chi connectivity index (χ0) is 14.3. The molecule has 1 atom stereocenters. The number of hydrogen-bond acceptors (Lipinski definition) is 3. The van der Waals surface area contributed by atoms with Gasteiger partial charge in [-0.2, -0.15) is 0 Å². The van der Waals surface area contributed by atoms with Gasteiger partial charge in [0.05, 0.1) is 7.11 Å². The van der Waals surface area contributed by atoms with Crippen molar-refractivity contribution < 1.29 is 9.84 Å². The second-order valence-electron chi connectivity index (χ2n) is 5.87. The maximum Gasteiger partial charge on any atom is 0.119 e. The Morgan fingerprint density at radius 3 is 2.74 bits per heavy atom. The summed E-state index contributed by atoms with van der Waals surface area (Å²) in [7, 11) is 1.69. The third-order valence-electron chi connectivity index (χ3n) is 3.49. The van der Waals surface area contributed by atoms with E-state index < -0.39 is 0 Å². The van der Waals surface area contributed by atoms with Gasteiger partial charge in [-0.15, -0.1) is 0 Å². The number of hydrogen-bond donors (Lipinski definition) is 2. The van der Waals surface area contributed by atoms with Crippen LogP contribution in [-0.2, 0) is 0 Å². The van der Waals surface area contributed by atoms with E-state index >= 15 is 0 Å². The topological polar surface area (TPSA) is 41.5 Å². The minimum Gasteiger partial charge on any atom is -0.497 e. The van der Waals surface area contributed by atoms with Crippen LogP contribution in [0.2, 0.25) is 0 Å². The molecule has 0 aliphatic carbocycles. The summed E-state index contributed by atoms with van der Waals surface area (Å²) in [5.74, 6) is 0.894. The van der Waals surface area contributed by atoms with Crippen molar-refractivity contribution in [2.24, 2.45) is 5.41 Å². The van der Waals surface area contributed by atoms with Gasteiger partial charge in [0.15, 0.2) is 0 Å². The Morgan fingerprint density at radius 1 is 1.37 bits per heavy atom. The molecular formula is C16H27NO2. The highest BCUT2D eigenvalue weighted by molar-refractivity contribution is 5.30. The van der Waals surface area contributed by atoms with Gasteiger partial charge in [-0.05, 0) is 42.9 Å². The molecule has 0 aromatic heterocycles. The Balaban J connectivity index is 2.52. The molecule has 0 heterocycles. The number of methoxy groups -OCH3 is 1. The fourth-order valence-electron chi connectivity index (χ4n) is 2.10. The minimum atomic E-state index is 0.204. The van der Waals surface area contributed by atoms with Crippen molar-refractivity contribution in [2.75, 3.05) is 20.3 Å². The summed E-state index contributed by atoms with van der Waals surface area (Å²) in [6.45, 7) is 7.83. The van der Waals surface area contributed by atoms with Gasteiger partial charge in [-0.25, -0.2) is 0 Å². The van der Waals surface area contributed by atoms with E-state index in [2.05, 4.69) is 38.2 Å². The number of nitrogens with one attached hydrogen (secondary N) is 1. The van der Waals surface area contributed by atoms with E-state index in [0.717, 1.165) is 25.1 Å². The molecule has 0 amide bonds. The monoisotopic (exact) mass is 265 g/mol. The summed E-state index contributed by atoms with van der Waals surface area (Å²) in [4.78, 5) is 0. The molecule has 19 heavy (non-hydrogen) atoms. The highest BCUT2D eigenvalue weighted by Gasteiger charge is 2.18. The van der Waals surface area contributed by atoms with Crippen LogP contribution < -0.4 is 10.1 Å². The number of aliphatic hydroxyl groups excluding tert-OH is 1. The molecule has 1 unspecified atom stereocenters. The molecule has 3 nitrogen and oxygen atoms in total. The van der Waals surface area contributed by atoms with Crippen LogP contribution in [-0.4, -0.2) is 25.4 Å². The first-order valence-electron chi connectivity index (χ1n) is 6.97. The molecule has 0 bridgehead atoms. The van der Waals surface area contributed by atoms with Gasteiger partial charge in [0, 0.05) is 19.2 Å². The van der Waals surface area contributed by atoms with E-state index in [9.17, 15) is 0 Å².